The van der Waals surface area contributed by atoms with Crippen LogP contribution < -0.4 is 11.3 Å². The van der Waals surface area contributed by atoms with E-state index < -0.39 is 0 Å². The summed E-state index contributed by atoms with van der Waals surface area (Å²) >= 11 is 7.96. The van der Waals surface area contributed by atoms with Gasteiger partial charge in [0, 0.05) is 22.1 Å². The molecule has 3 N–H and O–H groups in total. The standard InChI is InChI=1S/C14H21ClN2S/c15-12-7-5-11(6-8-12)9-13(17-16)10-18-14-3-1-2-4-14/h5-8,13-14,17H,1-4,9-10,16H2. The van der Waals surface area contributed by atoms with E-state index in [9.17, 15) is 0 Å². The Morgan fingerprint density at radius 1 is 1.28 bits per heavy atom. The molecule has 2 nitrogen and oxygen atoms in total. The van der Waals surface area contributed by atoms with Gasteiger partial charge in [0.1, 0.15) is 0 Å². The third kappa shape index (κ3) is 4.47. The minimum absolute atomic E-state index is 0.344. The van der Waals surface area contributed by atoms with Crippen LogP contribution in [0.1, 0.15) is 31.2 Å². The molecule has 0 spiro atoms. The average Bonchev–Trinajstić information content (AvgIpc) is 2.90. The Bertz CT molecular complexity index is 349. The van der Waals surface area contributed by atoms with Gasteiger partial charge in [0.2, 0.25) is 0 Å². The molecule has 0 heterocycles. The van der Waals surface area contributed by atoms with Crippen molar-refractivity contribution in [1.29, 1.82) is 0 Å². The van der Waals surface area contributed by atoms with E-state index in [1.54, 1.807) is 0 Å². The van der Waals surface area contributed by atoms with E-state index in [4.69, 9.17) is 17.4 Å². The van der Waals surface area contributed by atoms with Gasteiger partial charge in [-0.15, -0.1) is 0 Å². The lowest BCUT2D eigenvalue weighted by molar-refractivity contribution is 0.574. The quantitative estimate of drug-likeness (QED) is 0.621. The van der Waals surface area contributed by atoms with Crippen molar-refractivity contribution in [2.45, 2.75) is 43.4 Å². The second-order valence-electron chi connectivity index (χ2n) is 4.93. The molecule has 1 aliphatic rings. The molecule has 100 valence electrons. The summed E-state index contributed by atoms with van der Waals surface area (Å²) in [4.78, 5) is 0. The van der Waals surface area contributed by atoms with E-state index in [0.29, 0.717) is 6.04 Å². The van der Waals surface area contributed by atoms with Crippen molar-refractivity contribution in [3.8, 4) is 0 Å². The van der Waals surface area contributed by atoms with Crippen molar-refractivity contribution in [2.24, 2.45) is 5.84 Å². The molecule has 0 saturated heterocycles. The van der Waals surface area contributed by atoms with Crippen molar-refractivity contribution in [2.75, 3.05) is 5.75 Å². The Balaban J connectivity index is 1.79. The van der Waals surface area contributed by atoms with E-state index in [1.165, 1.54) is 31.2 Å². The normalized spacial score (nSPS) is 18.1. The molecular formula is C14H21ClN2S. The Kier molecular flexibility index (Phi) is 5.83. The molecule has 1 aromatic rings. The summed E-state index contributed by atoms with van der Waals surface area (Å²) in [5.41, 5.74) is 4.22. The van der Waals surface area contributed by atoms with Crippen LogP contribution in [0, 0.1) is 0 Å². The second-order valence-corrected chi connectivity index (χ2v) is 6.70. The maximum Gasteiger partial charge on any atom is 0.0406 e. The number of rotatable bonds is 6. The number of halogens is 1. The first kappa shape index (κ1) is 14.2. The molecular weight excluding hydrogens is 264 g/mol. The Labute approximate surface area is 119 Å². The molecule has 1 saturated carbocycles. The lowest BCUT2D eigenvalue weighted by Crippen LogP contribution is -2.39. The van der Waals surface area contributed by atoms with E-state index >= 15 is 0 Å². The lowest BCUT2D eigenvalue weighted by atomic mass is 10.1. The van der Waals surface area contributed by atoms with Gasteiger partial charge >= 0.3 is 0 Å². The van der Waals surface area contributed by atoms with Gasteiger partial charge in [0.25, 0.3) is 0 Å². The maximum absolute atomic E-state index is 5.88. The molecule has 0 radical (unpaired) electrons. The number of nitrogens with one attached hydrogen (secondary N) is 1. The van der Waals surface area contributed by atoms with Crippen LogP contribution >= 0.6 is 23.4 Å². The monoisotopic (exact) mass is 284 g/mol. The molecule has 0 bridgehead atoms. The highest BCUT2D eigenvalue weighted by molar-refractivity contribution is 7.99. The minimum atomic E-state index is 0.344. The minimum Gasteiger partial charge on any atom is -0.271 e. The summed E-state index contributed by atoms with van der Waals surface area (Å²) < 4.78 is 0. The number of hydrogen-bond donors (Lipinski definition) is 2. The molecule has 1 aromatic carbocycles. The highest BCUT2D eigenvalue weighted by Gasteiger charge is 2.17. The number of nitrogens with two attached hydrogens (primary N) is 1. The van der Waals surface area contributed by atoms with Gasteiger partial charge in [0.05, 0.1) is 0 Å². The van der Waals surface area contributed by atoms with Crippen LogP contribution in [0.15, 0.2) is 24.3 Å². The molecule has 1 atom stereocenters. The first-order chi connectivity index (χ1) is 8.78. The highest BCUT2D eigenvalue weighted by Crippen LogP contribution is 2.29. The van der Waals surface area contributed by atoms with Crippen LogP contribution in [0.3, 0.4) is 0 Å². The molecule has 1 unspecified atom stereocenters. The van der Waals surface area contributed by atoms with Gasteiger partial charge in [-0.05, 0) is 37.0 Å². The molecule has 0 aliphatic heterocycles. The van der Waals surface area contributed by atoms with Gasteiger partial charge in [-0.3, -0.25) is 11.3 Å². The molecule has 1 fully saturated rings. The summed E-state index contributed by atoms with van der Waals surface area (Å²) in [6.07, 6.45) is 6.52. The van der Waals surface area contributed by atoms with Crippen LogP contribution in [-0.4, -0.2) is 17.0 Å². The molecule has 1 aliphatic carbocycles. The molecule has 18 heavy (non-hydrogen) atoms. The first-order valence-electron chi connectivity index (χ1n) is 6.60. The molecule has 4 heteroatoms. The summed E-state index contributed by atoms with van der Waals surface area (Å²) in [5, 5.41) is 1.64. The fourth-order valence-corrected chi connectivity index (χ4v) is 3.89. The van der Waals surface area contributed by atoms with Gasteiger partial charge in [0.15, 0.2) is 0 Å². The van der Waals surface area contributed by atoms with Gasteiger partial charge in [-0.25, -0.2) is 0 Å². The highest BCUT2D eigenvalue weighted by atomic mass is 35.5. The molecule has 2 rings (SSSR count). The number of hydrazine groups is 1. The predicted molar refractivity (Wildman–Crippen MR) is 81.0 cm³/mol. The Morgan fingerprint density at radius 3 is 2.56 bits per heavy atom. The topological polar surface area (TPSA) is 38.0 Å². The van der Waals surface area contributed by atoms with Crippen LogP contribution in [0.2, 0.25) is 5.02 Å². The SMILES string of the molecule is NNC(CSC1CCCC1)Cc1ccc(Cl)cc1. The van der Waals surface area contributed by atoms with Crippen LogP contribution in [0.5, 0.6) is 0 Å². The Morgan fingerprint density at radius 2 is 1.94 bits per heavy atom. The smallest absolute Gasteiger partial charge is 0.0406 e. The van der Waals surface area contributed by atoms with Gasteiger partial charge < -0.3 is 0 Å². The second kappa shape index (κ2) is 7.39. The zero-order valence-electron chi connectivity index (χ0n) is 10.6. The molecule has 0 amide bonds. The van der Waals surface area contributed by atoms with Crippen LogP contribution in [0.25, 0.3) is 0 Å². The van der Waals surface area contributed by atoms with Crippen molar-refractivity contribution < 1.29 is 0 Å². The number of benzene rings is 1. The maximum atomic E-state index is 5.88. The van der Waals surface area contributed by atoms with Crippen molar-refractivity contribution in [3.05, 3.63) is 34.9 Å². The third-order valence-electron chi connectivity index (χ3n) is 3.47. The number of thioether (sulfide) groups is 1. The Hall–Kier alpha value is -0.220. The first-order valence-corrected chi connectivity index (χ1v) is 8.03. The van der Waals surface area contributed by atoms with E-state index in [-0.39, 0.29) is 0 Å². The lowest BCUT2D eigenvalue weighted by Gasteiger charge is -2.18. The zero-order chi connectivity index (χ0) is 12.8. The fourth-order valence-electron chi connectivity index (χ4n) is 2.38. The van der Waals surface area contributed by atoms with Crippen molar-refractivity contribution >= 4 is 23.4 Å². The van der Waals surface area contributed by atoms with E-state index in [1.807, 2.05) is 12.1 Å². The summed E-state index contributed by atoms with van der Waals surface area (Å²) in [6.45, 7) is 0. The van der Waals surface area contributed by atoms with Crippen LogP contribution in [0.4, 0.5) is 0 Å². The van der Waals surface area contributed by atoms with Crippen LogP contribution in [-0.2, 0) is 6.42 Å². The summed E-state index contributed by atoms with van der Waals surface area (Å²) in [6, 6.07) is 8.37. The third-order valence-corrected chi connectivity index (χ3v) is 5.26. The van der Waals surface area contributed by atoms with Gasteiger partial charge in [-0.1, -0.05) is 36.6 Å². The summed E-state index contributed by atoms with van der Waals surface area (Å²) in [7, 11) is 0. The predicted octanol–water partition coefficient (Wildman–Crippen LogP) is 3.39. The zero-order valence-corrected chi connectivity index (χ0v) is 12.1. The summed E-state index contributed by atoms with van der Waals surface area (Å²) in [5.74, 6) is 6.73. The number of hydrogen-bond acceptors (Lipinski definition) is 3. The van der Waals surface area contributed by atoms with Crippen molar-refractivity contribution in [1.82, 2.24) is 5.43 Å². The van der Waals surface area contributed by atoms with E-state index in [0.717, 1.165) is 22.4 Å². The van der Waals surface area contributed by atoms with Gasteiger partial charge in [-0.2, -0.15) is 11.8 Å². The van der Waals surface area contributed by atoms with E-state index in [2.05, 4.69) is 29.3 Å². The van der Waals surface area contributed by atoms with Crippen molar-refractivity contribution in [3.63, 3.8) is 0 Å². The fraction of sp³-hybridized carbons (Fsp3) is 0.571. The average molecular weight is 285 g/mol. The largest absolute Gasteiger partial charge is 0.271 e. The molecule has 0 aromatic heterocycles.